The van der Waals surface area contributed by atoms with Crippen molar-refractivity contribution in [2.45, 2.75) is 0 Å². The summed E-state index contributed by atoms with van der Waals surface area (Å²) in [5, 5.41) is 2.25. The molecule has 0 radical (unpaired) electrons. The molecule has 3 heteroatoms. The molecule has 0 atom stereocenters. The van der Waals surface area contributed by atoms with Crippen molar-refractivity contribution in [1.82, 2.24) is 4.98 Å². The monoisotopic (exact) mass is 393 g/mol. The maximum atomic E-state index is 13.2. The van der Waals surface area contributed by atoms with Gasteiger partial charge in [0.25, 0.3) is 0 Å². The van der Waals surface area contributed by atoms with Crippen LogP contribution in [0.4, 0.5) is 8.78 Å². The molecule has 0 aliphatic rings. The van der Waals surface area contributed by atoms with Gasteiger partial charge in [-0.1, -0.05) is 42.5 Å². The van der Waals surface area contributed by atoms with Crippen LogP contribution < -0.4 is 0 Å². The predicted octanol–water partition coefficient (Wildman–Crippen LogP) is 7.51. The fraction of sp³-hybridized carbons (Fsp3) is 0. The van der Waals surface area contributed by atoms with E-state index >= 15 is 0 Å². The molecule has 1 heterocycles. The number of hydrogen-bond donors (Lipinski definition) is 0. The quantitative estimate of drug-likeness (QED) is 0.309. The van der Waals surface area contributed by atoms with Crippen molar-refractivity contribution in [3.63, 3.8) is 0 Å². The molecule has 0 amide bonds. The molecule has 0 fully saturated rings. The molecule has 0 aliphatic carbocycles. The lowest BCUT2D eigenvalue weighted by Gasteiger charge is -2.08. The number of pyridine rings is 1. The Kier molecular flexibility index (Phi) is 4.56. The van der Waals surface area contributed by atoms with Crippen molar-refractivity contribution >= 4 is 10.8 Å². The van der Waals surface area contributed by atoms with Crippen LogP contribution in [0.25, 0.3) is 44.3 Å². The van der Waals surface area contributed by atoms with Crippen molar-refractivity contribution in [2.24, 2.45) is 0 Å². The van der Waals surface area contributed by atoms with E-state index in [2.05, 4.69) is 35.3 Å². The molecule has 0 unspecified atom stereocenters. The average molecular weight is 393 g/mol. The number of nitrogens with zero attached hydrogens (tertiary/aromatic N) is 1. The third-order valence-electron chi connectivity index (χ3n) is 5.25. The second-order valence-electron chi connectivity index (χ2n) is 7.22. The molecular formula is C27H17F2N. The third-order valence-corrected chi connectivity index (χ3v) is 5.25. The summed E-state index contributed by atoms with van der Waals surface area (Å²) in [6, 6.07) is 29.4. The van der Waals surface area contributed by atoms with Gasteiger partial charge >= 0.3 is 0 Å². The van der Waals surface area contributed by atoms with Crippen LogP contribution in [0.3, 0.4) is 0 Å². The average Bonchev–Trinajstić information content (AvgIpc) is 2.79. The van der Waals surface area contributed by atoms with Gasteiger partial charge in [-0.25, -0.2) is 8.78 Å². The Labute approximate surface area is 173 Å². The van der Waals surface area contributed by atoms with Crippen LogP contribution in [0.1, 0.15) is 0 Å². The Bertz CT molecular complexity index is 1320. The van der Waals surface area contributed by atoms with Crippen molar-refractivity contribution in [1.29, 1.82) is 0 Å². The number of fused-ring (bicyclic) bond motifs is 1. The second kappa shape index (κ2) is 7.53. The molecule has 30 heavy (non-hydrogen) atoms. The minimum Gasteiger partial charge on any atom is -0.256 e. The summed E-state index contributed by atoms with van der Waals surface area (Å²) >= 11 is 0. The smallest absolute Gasteiger partial charge is 0.123 e. The summed E-state index contributed by atoms with van der Waals surface area (Å²) in [6.07, 6.45) is 1.84. The Hall–Kier alpha value is -3.85. The lowest BCUT2D eigenvalue weighted by atomic mass is 9.98. The molecule has 5 rings (SSSR count). The molecule has 1 aromatic heterocycles. The maximum Gasteiger partial charge on any atom is 0.123 e. The molecular weight excluding hydrogens is 376 g/mol. The van der Waals surface area contributed by atoms with Crippen LogP contribution in [-0.4, -0.2) is 4.98 Å². The van der Waals surface area contributed by atoms with Gasteiger partial charge in [0, 0.05) is 17.3 Å². The fourth-order valence-corrected chi connectivity index (χ4v) is 3.60. The van der Waals surface area contributed by atoms with E-state index in [1.807, 2.05) is 24.4 Å². The minimum absolute atomic E-state index is 0.238. The zero-order chi connectivity index (χ0) is 20.5. The molecule has 5 aromatic rings. The van der Waals surface area contributed by atoms with E-state index in [0.717, 1.165) is 44.3 Å². The first-order chi connectivity index (χ1) is 14.7. The minimum atomic E-state index is -0.258. The zero-order valence-corrected chi connectivity index (χ0v) is 16.0. The van der Waals surface area contributed by atoms with Crippen LogP contribution in [0.15, 0.2) is 103 Å². The van der Waals surface area contributed by atoms with Crippen molar-refractivity contribution in [3.8, 4) is 33.5 Å². The van der Waals surface area contributed by atoms with E-state index in [0.29, 0.717) is 0 Å². The lowest BCUT2D eigenvalue weighted by Crippen LogP contribution is -1.86. The van der Waals surface area contributed by atoms with E-state index in [-0.39, 0.29) is 11.6 Å². The molecule has 0 saturated carbocycles. The first-order valence-electron chi connectivity index (χ1n) is 9.68. The van der Waals surface area contributed by atoms with Gasteiger partial charge in [-0.15, -0.1) is 0 Å². The number of hydrogen-bond acceptors (Lipinski definition) is 1. The van der Waals surface area contributed by atoms with Gasteiger partial charge < -0.3 is 0 Å². The first-order valence-corrected chi connectivity index (χ1v) is 9.68. The van der Waals surface area contributed by atoms with E-state index in [1.165, 1.54) is 24.3 Å². The molecule has 0 N–H and O–H groups in total. The summed E-state index contributed by atoms with van der Waals surface area (Å²) in [5.41, 5.74) is 5.79. The number of aromatic nitrogens is 1. The highest BCUT2D eigenvalue weighted by atomic mass is 19.1. The standard InChI is InChI=1S/C27H17F2N/c28-25-10-5-18(6-11-25)21-3-1-19-2-4-22(16-24(19)15-21)23-9-14-27(30-17-23)20-7-12-26(29)13-8-20/h1-17H. The second-order valence-corrected chi connectivity index (χ2v) is 7.22. The van der Waals surface area contributed by atoms with Crippen LogP contribution >= 0.6 is 0 Å². The highest BCUT2D eigenvalue weighted by Gasteiger charge is 2.05. The van der Waals surface area contributed by atoms with Gasteiger partial charge in [0.05, 0.1) is 5.69 Å². The van der Waals surface area contributed by atoms with E-state index < -0.39 is 0 Å². The van der Waals surface area contributed by atoms with Gasteiger partial charge in [0.2, 0.25) is 0 Å². The third kappa shape index (κ3) is 3.58. The summed E-state index contributed by atoms with van der Waals surface area (Å²) in [7, 11) is 0. The highest BCUT2D eigenvalue weighted by Crippen LogP contribution is 2.29. The summed E-state index contributed by atoms with van der Waals surface area (Å²) < 4.78 is 26.4. The summed E-state index contributed by atoms with van der Waals surface area (Å²) in [5.74, 6) is -0.495. The van der Waals surface area contributed by atoms with Gasteiger partial charge in [-0.05, 0) is 82.1 Å². The molecule has 1 nitrogen and oxygen atoms in total. The van der Waals surface area contributed by atoms with Crippen LogP contribution in [0.2, 0.25) is 0 Å². The number of halogens is 2. The van der Waals surface area contributed by atoms with Gasteiger partial charge in [0.1, 0.15) is 11.6 Å². The van der Waals surface area contributed by atoms with Crippen molar-refractivity contribution < 1.29 is 8.78 Å². The van der Waals surface area contributed by atoms with Crippen LogP contribution in [0.5, 0.6) is 0 Å². The fourth-order valence-electron chi connectivity index (χ4n) is 3.60. The van der Waals surface area contributed by atoms with E-state index in [4.69, 9.17) is 0 Å². The van der Waals surface area contributed by atoms with Gasteiger partial charge in [-0.2, -0.15) is 0 Å². The maximum absolute atomic E-state index is 13.2. The number of rotatable bonds is 3. The SMILES string of the molecule is Fc1ccc(-c2ccc3ccc(-c4ccc(-c5ccc(F)cc5)nc4)cc3c2)cc1. The van der Waals surface area contributed by atoms with Gasteiger partial charge in [-0.3, -0.25) is 4.98 Å². The van der Waals surface area contributed by atoms with Crippen molar-refractivity contribution in [2.75, 3.05) is 0 Å². The van der Waals surface area contributed by atoms with Crippen LogP contribution in [0, 0.1) is 11.6 Å². The number of benzene rings is 4. The molecule has 144 valence electrons. The zero-order valence-electron chi connectivity index (χ0n) is 16.0. The molecule has 0 aliphatic heterocycles. The van der Waals surface area contributed by atoms with Crippen molar-refractivity contribution in [3.05, 3.63) is 115 Å². The van der Waals surface area contributed by atoms with E-state index in [9.17, 15) is 8.78 Å². The highest BCUT2D eigenvalue weighted by molar-refractivity contribution is 5.91. The van der Waals surface area contributed by atoms with E-state index in [1.54, 1.807) is 24.3 Å². The van der Waals surface area contributed by atoms with Crippen LogP contribution in [-0.2, 0) is 0 Å². The Morgan fingerprint density at radius 2 is 0.933 bits per heavy atom. The Morgan fingerprint density at radius 1 is 0.433 bits per heavy atom. The Balaban J connectivity index is 1.49. The lowest BCUT2D eigenvalue weighted by molar-refractivity contribution is 0.627. The topological polar surface area (TPSA) is 12.9 Å². The first kappa shape index (κ1) is 18.2. The molecule has 0 saturated heterocycles. The largest absolute Gasteiger partial charge is 0.256 e. The summed E-state index contributed by atoms with van der Waals surface area (Å²) in [6.45, 7) is 0. The Morgan fingerprint density at radius 3 is 1.50 bits per heavy atom. The molecule has 0 bridgehead atoms. The molecule has 4 aromatic carbocycles. The predicted molar refractivity (Wildman–Crippen MR) is 118 cm³/mol. The normalized spacial score (nSPS) is 11.0. The van der Waals surface area contributed by atoms with Gasteiger partial charge in [0.15, 0.2) is 0 Å². The summed E-state index contributed by atoms with van der Waals surface area (Å²) in [4.78, 5) is 4.55. The molecule has 0 spiro atoms.